The number of carbonyl (C=O) groups is 1. The number of ether oxygens (including phenoxy) is 1. The molecule has 214 valence electrons. The lowest BCUT2D eigenvalue weighted by Crippen LogP contribution is -2.26. The number of aromatic nitrogens is 4. The number of carbonyl (C=O) groups excluding carboxylic acids is 1. The number of nitrogens with zero attached hydrogens (tertiary/aromatic N) is 4. The minimum Gasteiger partial charge on any atom is -0.453 e. The monoisotopic (exact) mass is 641 g/mol. The molecule has 2 aromatic heterocycles. The Morgan fingerprint density at radius 2 is 1.60 bits per heavy atom. The van der Waals surface area contributed by atoms with Gasteiger partial charge in [-0.1, -0.05) is 70.7 Å². The highest BCUT2D eigenvalue weighted by Gasteiger charge is 2.51. The van der Waals surface area contributed by atoms with Crippen LogP contribution in [0.5, 0.6) is 0 Å². The van der Waals surface area contributed by atoms with Crippen LogP contribution in [0.15, 0.2) is 71.1 Å². The number of amides is 1. The van der Waals surface area contributed by atoms with E-state index in [-0.39, 0.29) is 5.89 Å². The lowest BCUT2D eigenvalue weighted by molar-refractivity contribution is 0.167. The zero-order valence-electron chi connectivity index (χ0n) is 22.4. The first kappa shape index (κ1) is 28.6. The first-order valence-corrected chi connectivity index (χ1v) is 14.5. The Morgan fingerprint density at radius 3 is 2.21 bits per heavy atom. The Bertz CT molecular complexity index is 1780. The average Bonchev–Trinajstić information content (AvgIpc) is 3.45. The third-order valence-corrected chi connectivity index (χ3v) is 8.36. The summed E-state index contributed by atoms with van der Waals surface area (Å²) >= 11 is 25.2. The van der Waals surface area contributed by atoms with Gasteiger partial charge in [-0.3, -0.25) is 0 Å². The van der Waals surface area contributed by atoms with Crippen LogP contribution in [0.2, 0.25) is 20.1 Å². The predicted octanol–water partition coefficient (Wildman–Crippen LogP) is 8.70. The van der Waals surface area contributed by atoms with Crippen molar-refractivity contribution in [2.24, 2.45) is 0 Å². The molecule has 0 spiro atoms. The molecule has 6 rings (SSSR count). The fourth-order valence-corrected chi connectivity index (χ4v) is 5.79. The summed E-state index contributed by atoms with van der Waals surface area (Å²) in [6.45, 7) is 1.82. The second-order valence-corrected chi connectivity index (χ2v) is 11.7. The van der Waals surface area contributed by atoms with Crippen molar-refractivity contribution in [3.63, 3.8) is 0 Å². The van der Waals surface area contributed by atoms with Crippen LogP contribution < -0.4 is 5.32 Å². The number of halogens is 4. The van der Waals surface area contributed by atoms with Crippen molar-refractivity contribution < 1.29 is 13.9 Å². The number of benzene rings is 3. The van der Waals surface area contributed by atoms with Gasteiger partial charge in [0.15, 0.2) is 5.69 Å². The van der Waals surface area contributed by atoms with Crippen LogP contribution in [0.1, 0.15) is 42.8 Å². The minimum absolute atomic E-state index is 0.192. The fourth-order valence-electron chi connectivity index (χ4n) is 5.05. The Labute approximate surface area is 261 Å². The molecule has 1 N–H and O–H groups in total. The molecule has 1 aliphatic rings. The Morgan fingerprint density at radius 1 is 0.952 bits per heavy atom. The highest BCUT2D eigenvalue weighted by Crippen LogP contribution is 2.53. The molecule has 3 aromatic carbocycles. The zero-order chi connectivity index (χ0) is 29.6. The van der Waals surface area contributed by atoms with Crippen LogP contribution >= 0.6 is 46.4 Å². The topological polar surface area (TPSA) is 95.1 Å². The summed E-state index contributed by atoms with van der Waals surface area (Å²) in [6.07, 6.45) is 1.10. The van der Waals surface area contributed by atoms with Gasteiger partial charge in [0.2, 0.25) is 5.89 Å². The van der Waals surface area contributed by atoms with Crippen molar-refractivity contribution in [2.75, 3.05) is 7.11 Å². The summed E-state index contributed by atoms with van der Waals surface area (Å²) in [7, 11) is 1.30. The standard InChI is InChI=1S/C30H23Cl4N5O3/c1-16(35-29(40)41-2)24-25(27-36-37-28(42-27)30(13-14-30)18-5-9-20(32)10-6-18)38-39(23-12-11-21(33)15-22(23)34)26(24)17-3-7-19(31)8-4-17/h3-12,15-16H,13-14H2,1-2H3,(H,35,40). The molecule has 5 aromatic rings. The van der Waals surface area contributed by atoms with Gasteiger partial charge in [-0.15, -0.1) is 10.2 Å². The second kappa shape index (κ2) is 11.3. The number of rotatable bonds is 7. The number of nitrogens with one attached hydrogen (secondary N) is 1. The predicted molar refractivity (Wildman–Crippen MR) is 163 cm³/mol. The van der Waals surface area contributed by atoms with Gasteiger partial charge in [-0.2, -0.15) is 5.10 Å². The molecule has 12 heteroatoms. The molecular weight excluding hydrogens is 620 g/mol. The maximum atomic E-state index is 12.4. The van der Waals surface area contributed by atoms with E-state index in [1.165, 1.54) is 7.11 Å². The summed E-state index contributed by atoms with van der Waals surface area (Å²) in [5, 5.41) is 18.7. The van der Waals surface area contributed by atoms with Gasteiger partial charge in [-0.05, 0) is 67.8 Å². The van der Waals surface area contributed by atoms with Crippen LogP contribution in [0, 0.1) is 0 Å². The van der Waals surface area contributed by atoms with Gasteiger partial charge in [0.25, 0.3) is 5.89 Å². The van der Waals surface area contributed by atoms with E-state index in [0.29, 0.717) is 48.6 Å². The van der Waals surface area contributed by atoms with Crippen LogP contribution in [0.25, 0.3) is 28.5 Å². The molecular formula is C30H23Cl4N5O3. The van der Waals surface area contributed by atoms with E-state index in [2.05, 4.69) is 15.5 Å². The molecule has 1 saturated carbocycles. The van der Waals surface area contributed by atoms with E-state index < -0.39 is 17.6 Å². The fraction of sp³-hybridized carbons (Fsp3) is 0.200. The Hall–Kier alpha value is -3.56. The molecule has 1 aliphatic carbocycles. The van der Waals surface area contributed by atoms with Gasteiger partial charge in [0.1, 0.15) is 0 Å². The smallest absolute Gasteiger partial charge is 0.407 e. The van der Waals surface area contributed by atoms with Gasteiger partial charge >= 0.3 is 6.09 Å². The van der Waals surface area contributed by atoms with Crippen molar-refractivity contribution in [1.29, 1.82) is 0 Å². The molecule has 1 fully saturated rings. The first-order chi connectivity index (χ1) is 20.2. The zero-order valence-corrected chi connectivity index (χ0v) is 25.4. The number of methoxy groups -OCH3 is 1. The summed E-state index contributed by atoms with van der Waals surface area (Å²) in [5.41, 5.74) is 3.59. The van der Waals surface area contributed by atoms with E-state index in [1.54, 1.807) is 35.0 Å². The highest BCUT2D eigenvalue weighted by atomic mass is 35.5. The molecule has 0 radical (unpaired) electrons. The number of hydrogen-bond acceptors (Lipinski definition) is 6. The highest BCUT2D eigenvalue weighted by molar-refractivity contribution is 6.35. The van der Waals surface area contributed by atoms with Crippen molar-refractivity contribution in [1.82, 2.24) is 25.3 Å². The van der Waals surface area contributed by atoms with Crippen molar-refractivity contribution in [2.45, 2.75) is 31.2 Å². The lowest BCUT2D eigenvalue weighted by atomic mass is 9.96. The van der Waals surface area contributed by atoms with Crippen LogP contribution in [-0.2, 0) is 10.2 Å². The summed E-state index contributed by atoms with van der Waals surface area (Å²) < 4.78 is 12.9. The minimum atomic E-state index is -0.612. The molecule has 0 saturated heterocycles. The summed E-state index contributed by atoms with van der Waals surface area (Å²) in [5.74, 6) is 0.671. The molecule has 42 heavy (non-hydrogen) atoms. The lowest BCUT2D eigenvalue weighted by Gasteiger charge is -2.17. The molecule has 1 unspecified atom stereocenters. The largest absolute Gasteiger partial charge is 0.453 e. The van der Waals surface area contributed by atoms with E-state index in [9.17, 15) is 4.79 Å². The van der Waals surface area contributed by atoms with E-state index in [0.717, 1.165) is 24.0 Å². The summed E-state index contributed by atoms with van der Waals surface area (Å²) in [4.78, 5) is 12.4. The van der Waals surface area contributed by atoms with Gasteiger partial charge in [0, 0.05) is 26.2 Å². The Kier molecular flexibility index (Phi) is 7.66. The quantitative estimate of drug-likeness (QED) is 0.191. The molecule has 0 bridgehead atoms. The number of hydrogen-bond donors (Lipinski definition) is 1. The molecule has 8 nitrogen and oxygen atoms in total. The molecule has 2 heterocycles. The Balaban J connectivity index is 1.56. The van der Waals surface area contributed by atoms with Crippen molar-refractivity contribution in [3.05, 3.63) is 104 Å². The van der Waals surface area contributed by atoms with E-state index in [4.69, 9.17) is 60.7 Å². The van der Waals surface area contributed by atoms with Gasteiger partial charge in [-0.25, -0.2) is 9.48 Å². The maximum Gasteiger partial charge on any atom is 0.407 e. The maximum absolute atomic E-state index is 12.4. The molecule has 0 aliphatic heterocycles. The van der Waals surface area contributed by atoms with Gasteiger partial charge < -0.3 is 14.5 Å². The summed E-state index contributed by atoms with van der Waals surface area (Å²) in [6, 6.07) is 19.4. The third-order valence-electron chi connectivity index (χ3n) is 7.31. The van der Waals surface area contributed by atoms with Gasteiger partial charge in [0.05, 0.1) is 35.0 Å². The SMILES string of the molecule is COC(=O)NC(C)c1c(-c2nnc(C3(c4ccc(Cl)cc4)CC3)o2)nn(-c2ccc(Cl)cc2Cl)c1-c1ccc(Cl)cc1. The normalized spacial score (nSPS) is 14.4. The molecule has 1 atom stereocenters. The van der Waals surface area contributed by atoms with Crippen LogP contribution in [-0.4, -0.2) is 33.2 Å². The third kappa shape index (κ3) is 5.24. The van der Waals surface area contributed by atoms with Crippen molar-refractivity contribution >= 4 is 52.5 Å². The van der Waals surface area contributed by atoms with E-state index in [1.807, 2.05) is 43.3 Å². The van der Waals surface area contributed by atoms with Crippen LogP contribution in [0.4, 0.5) is 4.79 Å². The van der Waals surface area contributed by atoms with E-state index >= 15 is 0 Å². The van der Waals surface area contributed by atoms with Crippen LogP contribution in [0.3, 0.4) is 0 Å². The molecule has 1 amide bonds. The average molecular weight is 643 g/mol. The number of alkyl carbamates (subject to hydrolysis) is 1. The van der Waals surface area contributed by atoms with Crippen molar-refractivity contribution in [3.8, 4) is 28.5 Å². The first-order valence-electron chi connectivity index (χ1n) is 13.0. The second-order valence-electron chi connectivity index (χ2n) is 9.98.